The molecule has 136 valence electrons. The number of ether oxygens (including phenoxy) is 1. The van der Waals surface area contributed by atoms with E-state index in [0.29, 0.717) is 30.1 Å². The predicted octanol–water partition coefficient (Wildman–Crippen LogP) is 4.26. The van der Waals surface area contributed by atoms with Crippen LogP contribution in [0.25, 0.3) is 0 Å². The Morgan fingerprint density at radius 2 is 1.62 bits per heavy atom. The maximum atomic E-state index is 13.3. The third-order valence-electron chi connectivity index (χ3n) is 4.65. The quantitative estimate of drug-likeness (QED) is 0.829. The number of aryl methyl sites for hydroxylation is 1. The number of piperidine rings is 1. The second kappa shape index (κ2) is 8.04. The normalized spacial score (nSPS) is 14.0. The van der Waals surface area contributed by atoms with Crippen LogP contribution in [-0.4, -0.2) is 37.0 Å². The molecule has 3 amide bonds. The summed E-state index contributed by atoms with van der Waals surface area (Å²) >= 11 is 0. The van der Waals surface area contributed by atoms with Gasteiger partial charge in [-0.25, -0.2) is 9.69 Å². The summed E-state index contributed by atoms with van der Waals surface area (Å²) in [4.78, 5) is 29.5. The first-order valence-corrected chi connectivity index (χ1v) is 8.95. The van der Waals surface area contributed by atoms with E-state index in [0.717, 1.165) is 24.8 Å². The maximum Gasteiger partial charge on any atom is 0.331 e. The fraction of sp³-hybridized carbons (Fsp3) is 0.333. The van der Waals surface area contributed by atoms with Gasteiger partial charge in [0.25, 0.3) is 5.91 Å². The summed E-state index contributed by atoms with van der Waals surface area (Å²) in [6.45, 7) is 3.34. The van der Waals surface area contributed by atoms with Crippen molar-refractivity contribution in [1.82, 2.24) is 4.90 Å². The molecule has 1 fully saturated rings. The molecule has 0 unspecified atom stereocenters. The van der Waals surface area contributed by atoms with Gasteiger partial charge in [-0.2, -0.15) is 0 Å². The lowest BCUT2D eigenvalue weighted by Crippen LogP contribution is -2.48. The molecule has 0 atom stereocenters. The number of urea groups is 1. The Hall–Kier alpha value is -2.82. The fourth-order valence-corrected chi connectivity index (χ4v) is 3.18. The average Bonchev–Trinajstić information content (AvgIpc) is 2.70. The summed E-state index contributed by atoms with van der Waals surface area (Å²) in [7, 11) is 1.52. The minimum absolute atomic E-state index is 0.274. The zero-order chi connectivity index (χ0) is 18.5. The van der Waals surface area contributed by atoms with Gasteiger partial charge in [0.05, 0.1) is 18.4 Å². The lowest BCUT2D eigenvalue weighted by atomic mass is 10.1. The summed E-state index contributed by atoms with van der Waals surface area (Å²) in [6.07, 6.45) is 3.06. The molecule has 3 rings (SSSR count). The molecule has 1 aliphatic heterocycles. The van der Waals surface area contributed by atoms with Gasteiger partial charge in [0.15, 0.2) is 0 Å². The van der Waals surface area contributed by atoms with Crippen LogP contribution in [0.4, 0.5) is 10.5 Å². The number of nitrogens with zero attached hydrogens (tertiary/aromatic N) is 2. The highest BCUT2D eigenvalue weighted by Gasteiger charge is 2.31. The number of likely N-dealkylation sites (tertiary alicyclic amines) is 1. The molecule has 0 saturated carbocycles. The van der Waals surface area contributed by atoms with Crippen molar-refractivity contribution >= 4 is 17.6 Å². The Balaban J connectivity index is 2.00. The van der Waals surface area contributed by atoms with Crippen molar-refractivity contribution in [2.75, 3.05) is 25.1 Å². The van der Waals surface area contributed by atoms with Crippen molar-refractivity contribution < 1.29 is 14.3 Å². The first kappa shape index (κ1) is 18.0. The molecule has 0 aliphatic carbocycles. The van der Waals surface area contributed by atoms with E-state index in [2.05, 4.69) is 0 Å². The molecule has 0 spiro atoms. The molecule has 1 aliphatic rings. The van der Waals surface area contributed by atoms with E-state index in [4.69, 9.17) is 4.74 Å². The molecular formula is C21H24N2O3. The molecule has 5 nitrogen and oxygen atoms in total. The van der Waals surface area contributed by atoms with Gasteiger partial charge in [0.2, 0.25) is 0 Å². The van der Waals surface area contributed by atoms with Crippen molar-refractivity contribution in [2.45, 2.75) is 26.2 Å². The topological polar surface area (TPSA) is 49.9 Å². The van der Waals surface area contributed by atoms with E-state index in [1.54, 1.807) is 29.2 Å². The molecule has 0 bridgehead atoms. The highest BCUT2D eigenvalue weighted by Crippen LogP contribution is 2.25. The smallest absolute Gasteiger partial charge is 0.331 e. The zero-order valence-electron chi connectivity index (χ0n) is 15.3. The van der Waals surface area contributed by atoms with Gasteiger partial charge in [-0.15, -0.1) is 0 Å². The van der Waals surface area contributed by atoms with Crippen molar-refractivity contribution in [3.63, 3.8) is 0 Å². The minimum atomic E-state index is -0.373. The number of anilines is 1. The molecule has 0 radical (unpaired) electrons. The van der Waals surface area contributed by atoms with E-state index < -0.39 is 0 Å². The second-order valence-corrected chi connectivity index (χ2v) is 6.51. The van der Waals surface area contributed by atoms with Crippen LogP contribution in [0.15, 0.2) is 48.5 Å². The average molecular weight is 352 g/mol. The molecule has 0 N–H and O–H groups in total. The number of carbonyl (C=O) groups excluding carboxylic acids is 2. The van der Waals surface area contributed by atoms with Crippen LogP contribution in [0.5, 0.6) is 5.75 Å². The van der Waals surface area contributed by atoms with Gasteiger partial charge in [-0.3, -0.25) is 4.79 Å². The standard InChI is InChI=1S/C21H24N2O3/c1-16-10-12-17(13-11-16)23(21(25)22-14-6-3-7-15-22)20(24)18-8-4-5-9-19(18)26-2/h4-5,8-13H,3,6-7,14-15H2,1-2H3. The number of carbonyl (C=O) groups is 2. The SMILES string of the molecule is COc1ccccc1C(=O)N(C(=O)N1CCCCC1)c1ccc(C)cc1. The Kier molecular flexibility index (Phi) is 5.56. The van der Waals surface area contributed by atoms with Gasteiger partial charge < -0.3 is 9.64 Å². The van der Waals surface area contributed by atoms with Gasteiger partial charge >= 0.3 is 6.03 Å². The van der Waals surface area contributed by atoms with E-state index in [-0.39, 0.29) is 11.9 Å². The van der Waals surface area contributed by atoms with Crippen molar-refractivity contribution in [3.8, 4) is 5.75 Å². The van der Waals surface area contributed by atoms with Crippen LogP contribution >= 0.6 is 0 Å². The summed E-state index contributed by atoms with van der Waals surface area (Å²) in [5.41, 5.74) is 2.02. The number of benzene rings is 2. The highest BCUT2D eigenvalue weighted by atomic mass is 16.5. The number of hydrogen-bond donors (Lipinski definition) is 0. The van der Waals surface area contributed by atoms with Gasteiger partial charge in [0, 0.05) is 13.1 Å². The first-order chi connectivity index (χ1) is 12.6. The first-order valence-electron chi connectivity index (χ1n) is 8.95. The number of imide groups is 1. The molecule has 2 aromatic carbocycles. The summed E-state index contributed by atoms with van der Waals surface area (Å²) in [5, 5.41) is 0. The number of methoxy groups -OCH3 is 1. The Morgan fingerprint density at radius 3 is 2.27 bits per heavy atom. The predicted molar refractivity (Wildman–Crippen MR) is 102 cm³/mol. The zero-order valence-corrected chi connectivity index (χ0v) is 15.3. The Morgan fingerprint density at radius 1 is 0.962 bits per heavy atom. The number of rotatable bonds is 3. The summed E-state index contributed by atoms with van der Waals surface area (Å²) < 4.78 is 5.32. The third kappa shape index (κ3) is 3.72. The van der Waals surface area contributed by atoms with Crippen molar-refractivity contribution in [3.05, 3.63) is 59.7 Å². The second-order valence-electron chi connectivity index (χ2n) is 6.51. The number of hydrogen-bond acceptors (Lipinski definition) is 3. The van der Waals surface area contributed by atoms with Crippen molar-refractivity contribution in [1.29, 1.82) is 0 Å². The molecular weight excluding hydrogens is 328 g/mol. The van der Waals surface area contributed by atoms with Gasteiger partial charge in [-0.05, 0) is 50.5 Å². The van der Waals surface area contributed by atoms with Crippen LogP contribution in [0.1, 0.15) is 35.2 Å². The minimum Gasteiger partial charge on any atom is -0.496 e. The Labute approximate surface area is 154 Å². The summed E-state index contributed by atoms with van der Waals surface area (Å²) in [6, 6.07) is 14.1. The lowest BCUT2D eigenvalue weighted by molar-refractivity contribution is 0.0980. The highest BCUT2D eigenvalue weighted by molar-refractivity contribution is 6.21. The molecule has 2 aromatic rings. The molecule has 1 saturated heterocycles. The maximum absolute atomic E-state index is 13.3. The third-order valence-corrected chi connectivity index (χ3v) is 4.65. The van der Waals surface area contributed by atoms with Crippen LogP contribution in [0.2, 0.25) is 0 Å². The molecule has 5 heteroatoms. The molecule has 26 heavy (non-hydrogen) atoms. The van der Waals surface area contributed by atoms with Gasteiger partial charge in [-0.1, -0.05) is 29.8 Å². The lowest BCUT2D eigenvalue weighted by Gasteiger charge is -2.32. The van der Waals surface area contributed by atoms with E-state index in [1.165, 1.54) is 12.0 Å². The fourth-order valence-electron chi connectivity index (χ4n) is 3.18. The molecule has 1 heterocycles. The summed E-state index contributed by atoms with van der Waals surface area (Å²) in [5.74, 6) is 0.0860. The van der Waals surface area contributed by atoms with Crippen molar-refractivity contribution in [2.24, 2.45) is 0 Å². The van der Waals surface area contributed by atoms with E-state index in [9.17, 15) is 9.59 Å². The van der Waals surface area contributed by atoms with Crippen LogP contribution in [0, 0.1) is 6.92 Å². The number of para-hydroxylation sites is 1. The van der Waals surface area contributed by atoms with Gasteiger partial charge in [0.1, 0.15) is 5.75 Å². The van der Waals surface area contributed by atoms with E-state index >= 15 is 0 Å². The van der Waals surface area contributed by atoms with Crippen LogP contribution < -0.4 is 9.64 Å². The monoisotopic (exact) mass is 352 g/mol. The number of amides is 3. The van der Waals surface area contributed by atoms with Crippen LogP contribution in [-0.2, 0) is 0 Å². The Bertz CT molecular complexity index is 780. The van der Waals surface area contributed by atoms with E-state index in [1.807, 2.05) is 31.2 Å². The largest absolute Gasteiger partial charge is 0.496 e. The molecule has 0 aromatic heterocycles. The van der Waals surface area contributed by atoms with Crippen LogP contribution in [0.3, 0.4) is 0 Å².